The average Bonchev–Trinajstić information content (AvgIpc) is 2.22. The van der Waals surface area contributed by atoms with Crippen molar-refractivity contribution in [2.24, 2.45) is 5.41 Å². The number of rotatable bonds is 3. The fourth-order valence-electron chi connectivity index (χ4n) is 1.25. The molecule has 0 fully saturated rings. The van der Waals surface area contributed by atoms with Crippen molar-refractivity contribution in [3.63, 3.8) is 0 Å². The third kappa shape index (κ3) is 2.55. The van der Waals surface area contributed by atoms with Crippen molar-refractivity contribution in [3.05, 3.63) is 33.6 Å². The maximum Gasteiger partial charge on any atom is 0.170 e. The monoisotopic (exact) mass is 262 g/mol. The molecule has 0 aliphatic carbocycles. The number of Topliss-reactive ketones (excluding diaryl/α,β-unsaturated/α-hetero) is 1. The van der Waals surface area contributed by atoms with E-state index in [2.05, 4.69) is 0 Å². The molecule has 1 aromatic carbocycles. The van der Waals surface area contributed by atoms with Gasteiger partial charge in [-0.3, -0.25) is 4.79 Å². The Morgan fingerprint density at radius 2 is 1.94 bits per heavy atom. The first-order chi connectivity index (χ1) is 7.29. The smallest absolute Gasteiger partial charge is 0.170 e. The first-order valence-electron chi connectivity index (χ1n) is 4.99. The standard InChI is InChI=1S/C12H13Cl2FO/c1-4-12(2,3)11(16)8-5-7(13)6-9(15)10(8)14/h5-6H,4H2,1-3H3. The molecule has 0 N–H and O–H groups in total. The van der Waals surface area contributed by atoms with E-state index in [-0.39, 0.29) is 21.4 Å². The van der Waals surface area contributed by atoms with Gasteiger partial charge in [0.05, 0.1) is 5.02 Å². The highest BCUT2D eigenvalue weighted by Crippen LogP contribution is 2.32. The Bertz CT molecular complexity index is 427. The lowest BCUT2D eigenvalue weighted by Crippen LogP contribution is -2.23. The van der Waals surface area contributed by atoms with Crippen molar-refractivity contribution in [3.8, 4) is 0 Å². The molecule has 0 amide bonds. The van der Waals surface area contributed by atoms with Gasteiger partial charge in [0.15, 0.2) is 5.78 Å². The summed E-state index contributed by atoms with van der Waals surface area (Å²) in [5.74, 6) is -0.856. The fourth-order valence-corrected chi connectivity index (χ4v) is 1.65. The van der Waals surface area contributed by atoms with Gasteiger partial charge in [-0.25, -0.2) is 4.39 Å². The summed E-state index contributed by atoms with van der Waals surface area (Å²) in [6.45, 7) is 5.49. The lowest BCUT2D eigenvalue weighted by atomic mass is 9.82. The number of benzene rings is 1. The molecule has 0 aromatic heterocycles. The van der Waals surface area contributed by atoms with Crippen LogP contribution in [0.4, 0.5) is 4.39 Å². The molecule has 88 valence electrons. The third-order valence-electron chi connectivity index (χ3n) is 2.74. The zero-order chi connectivity index (χ0) is 12.5. The topological polar surface area (TPSA) is 17.1 Å². The molecular formula is C12H13Cl2FO. The fraction of sp³-hybridized carbons (Fsp3) is 0.417. The molecule has 0 aliphatic heterocycles. The van der Waals surface area contributed by atoms with Crippen LogP contribution in [0.5, 0.6) is 0 Å². The van der Waals surface area contributed by atoms with Gasteiger partial charge in [0.25, 0.3) is 0 Å². The van der Waals surface area contributed by atoms with Crippen LogP contribution in [0.2, 0.25) is 10.0 Å². The van der Waals surface area contributed by atoms with Gasteiger partial charge >= 0.3 is 0 Å². The van der Waals surface area contributed by atoms with Crippen molar-refractivity contribution in [1.29, 1.82) is 0 Å². The number of carbonyl (C=O) groups is 1. The predicted molar refractivity (Wildman–Crippen MR) is 64.8 cm³/mol. The van der Waals surface area contributed by atoms with Crippen LogP contribution in [-0.4, -0.2) is 5.78 Å². The minimum atomic E-state index is -0.663. The summed E-state index contributed by atoms with van der Waals surface area (Å²) in [7, 11) is 0. The molecular weight excluding hydrogens is 250 g/mol. The zero-order valence-electron chi connectivity index (χ0n) is 9.40. The molecule has 0 heterocycles. The second-order valence-electron chi connectivity index (χ2n) is 4.32. The van der Waals surface area contributed by atoms with E-state index in [4.69, 9.17) is 23.2 Å². The Hall–Kier alpha value is -0.600. The Kier molecular flexibility index (Phi) is 3.97. The van der Waals surface area contributed by atoms with Crippen LogP contribution in [0.15, 0.2) is 12.1 Å². The number of hydrogen-bond donors (Lipinski definition) is 0. The van der Waals surface area contributed by atoms with E-state index in [1.54, 1.807) is 13.8 Å². The molecule has 0 aliphatic rings. The van der Waals surface area contributed by atoms with E-state index in [0.717, 1.165) is 6.07 Å². The summed E-state index contributed by atoms with van der Waals surface area (Å²) in [5, 5.41) is 0.0214. The lowest BCUT2D eigenvalue weighted by Gasteiger charge is -2.21. The molecule has 1 rings (SSSR count). The van der Waals surface area contributed by atoms with Crippen molar-refractivity contribution in [2.45, 2.75) is 27.2 Å². The summed E-state index contributed by atoms with van der Waals surface area (Å²) >= 11 is 11.5. The van der Waals surface area contributed by atoms with E-state index >= 15 is 0 Å². The normalized spacial score (nSPS) is 11.6. The largest absolute Gasteiger partial charge is 0.294 e. The van der Waals surface area contributed by atoms with Crippen LogP contribution >= 0.6 is 23.2 Å². The van der Waals surface area contributed by atoms with E-state index in [1.165, 1.54) is 6.07 Å². The maximum absolute atomic E-state index is 13.3. The molecule has 16 heavy (non-hydrogen) atoms. The van der Waals surface area contributed by atoms with Gasteiger partial charge in [-0.2, -0.15) is 0 Å². The first-order valence-corrected chi connectivity index (χ1v) is 5.74. The second-order valence-corrected chi connectivity index (χ2v) is 5.13. The van der Waals surface area contributed by atoms with E-state index in [0.29, 0.717) is 6.42 Å². The number of ketones is 1. The molecule has 0 saturated heterocycles. The quantitative estimate of drug-likeness (QED) is 0.568. The molecule has 0 atom stereocenters. The Balaban J connectivity index is 3.29. The molecule has 0 bridgehead atoms. The van der Waals surface area contributed by atoms with E-state index < -0.39 is 11.2 Å². The summed E-state index contributed by atoms with van der Waals surface area (Å²) < 4.78 is 13.3. The van der Waals surface area contributed by atoms with Crippen LogP contribution < -0.4 is 0 Å². The summed E-state index contributed by atoms with van der Waals surface area (Å²) in [4.78, 5) is 12.1. The summed E-state index contributed by atoms with van der Waals surface area (Å²) in [6, 6.07) is 2.51. The molecule has 0 radical (unpaired) electrons. The number of carbonyl (C=O) groups excluding carboxylic acids is 1. The maximum atomic E-state index is 13.3. The minimum Gasteiger partial charge on any atom is -0.294 e. The highest BCUT2D eigenvalue weighted by Gasteiger charge is 2.29. The molecule has 0 unspecified atom stereocenters. The van der Waals surface area contributed by atoms with Gasteiger partial charge in [-0.15, -0.1) is 0 Å². The van der Waals surface area contributed by atoms with Crippen molar-refractivity contribution in [1.82, 2.24) is 0 Å². The molecule has 4 heteroatoms. The van der Waals surface area contributed by atoms with Crippen molar-refractivity contribution in [2.75, 3.05) is 0 Å². The second kappa shape index (κ2) is 4.72. The highest BCUT2D eigenvalue weighted by molar-refractivity contribution is 6.36. The first kappa shape index (κ1) is 13.5. The van der Waals surface area contributed by atoms with Gasteiger partial charge in [0, 0.05) is 16.0 Å². The third-order valence-corrected chi connectivity index (χ3v) is 3.34. The Labute approximate surface area is 105 Å². The van der Waals surface area contributed by atoms with Crippen LogP contribution in [0.1, 0.15) is 37.6 Å². The van der Waals surface area contributed by atoms with Crippen LogP contribution in [-0.2, 0) is 0 Å². The SMILES string of the molecule is CCC(C)(C)C(=O)c1cc(Cl)cc(F)c1Cl. The van der Waals surface area contributed by atoms with Gasteiger partial charge in [-0.1, -0.05) is 44.0 Å². The summed E-state index contributed by atoms with van der Waals surface area (Å²) in [5.41, 5.74) is -0.417. The van der Waals surface area contributed by atoms with Crippen molar-refractivity contribution >= 4 is 29.0 Å². The molecule has 0 saturated carbocycles. The van der Waals surface area contributed by atoms with Crippen LogP contribution in [0.25, 0.3) is 0 Å². The van der Waals surface area contributed by atoms with E-state index in [9.17, 15) is 9.18 Å². The predicted octanol–water partition coefficient (Wildman–Crippen LogP) is 4.75. The Morgan fingerprint density at radius 1 is 1.38 bits per heavy atom. The molecule has 1 aromatic rings. The van der Waals surface area contributed by atoms with Gasteiger partial charge < -0.3 is 0 Å². The zero-order valence-corrected chi connectivity index (χ0v) is 10.9. The number of halogens is 3. The number of hydrogen-bond acceptors (Lipinski definition) is 1. The van der Waals surface area contributed by atoms with Crippen molar-refractivity contribution < 1.29 is 9.18 Å². The van der Waals surface area contributed by atoms with Crippen LogP contribution in [0.3, 0.4) is 0 Å². The minimum absolute atomic E-state index is 0.151. The molecule has 1 nitrogen and oxygen atoms in total. The van der Waals surface area contributed by atoms with E-state index in [1.807, 2.05) is 6.92 Å². The van der Waals surface area contributed by atoms with Gasteiger partial charge in [-0.05, 0) is 18.6 Å². The molecule has 0 spiro atoms. The summed E-state index contributed by atoms with van der Waals surface area (Å²) in [6.07, 6.45) is 0.649. The van der Waals surface area contributed by atoms with Gasteiger partial charge in [0.1, 0.15) is 5.82 Å². The van der Waals surface area contributed by atoms with Gasteiger partial charge in [0.2, 0.25) is 0 Å². The highest BCUT2D eigenvalue weighted by atomic mass is 35.5. The lowest BCUT2D eigenvalue weighted by molar-refractivity contribution is 0.0832. The van der Waals surface area contributed by atoms with Crippen LogP contribution in [0, 0.1) is 11.2 Å². The Morgan fingerprint density at radius 3 is 2.44 bits per heavy atom. The average molecular weight is 263 g/mol.